The molecule has 3 aromatic rings. The van der Waals surface area contributed by atoms with Crippen LogP contribution in [0.2, 0.25) is 0 Å². The Morgan fingerprint density at radius 3 is 1.33 bits per heavy atom. The minimum Gasteiger partial charge on any atom is -0.356 e. The van der Waals surface area contributed by atoms with Crippen LogP contribution in [0.3, 0.4) is 0 Å². The molecule has 0 aliphatic carbocycles. The second kappa shape index (κ2) is 6.37. The third-order valence-electron chi connectivity index (χ3n) is 3.10. The summed E-state index contributed by atoms with van der Waals surface area (Å²) in [6, 6.07) is 26.3. The van der Waals surface area contributed by atoms with Crippen LogP contribution in [-0.4, -0.2) is 0 Å². The molecular weight excluding hydrogens is 276 g/mol. The van der Waals surface area contributed by atoms with Crippen molar-refractivity contribution in [3.63, 3.8) is 0 Å². The van der Waals surface area contributed by atoms with Gasteiger partial charge >= 0.3 is 0 Å². The predicted molar refractivity (Wildman–Crippen MR) is 93.1 cm³/mol. The smallest absolute Gasteiger partial charge is 0.0385 e. The number of hydrogen-bond acceptors (Lipinski definition) is 3. The molecule has 0 aromatic heterocycles. The first-order chi connectivity index (χ1) is 10.3. The van der Waals surface area contributed by atoms with Crippen molar-refractivity contribution in [2.75, 3.05) is 10.6 Å². The largest absolute Gasteiger partial charge is 0.356 e. The Hall–Kier alpha value is -2.39. The van der Waals surface area contributed by atoms with E-state index in [-0.39, 0.29) is 0 Å². The maximum absolute atomic E-state index is 4.28. The minimum atomic E-state index is 0.961. The van der Waals surface area contributed by atoms with E-state index in [0.717, 1.165) is 27.6 Å². The fourth-order valence-corrected chi connectivity index (χ4v) is 2.19. The van der Waals surface area contributed by atoms with Crippen LogP contribution in [0.4, 0.5) is 22.7 Å². The van der Waals surface area contributed by atoms with Crippen molar-refractivity contribution in [2.45, 2.75) is 4.90 Å². The van der Waals surface area contributed by atoms with Gasteiger partial charge in [-0.05, 0) is 60.7 Å². The third kappa shape index (κ3) is 3.80. The second-order valence-corrected chi connectivity index (χ2v) is 5.26. The lowest BCUT2D eigenvalue weighted by molar-refractivity contribution is 1.45. The van der Waals surface area contributed by atoms with Crippen LogP contribution in [0.1, 0.15) is 0 Å². The molecule has 3 aromatic carbocycles. The van der Waals surface area contributed by atoms with Crippen LogP contribution in [0, 0.1) is 0 Å². The fourth-order valence-electron chi connectivity index (χ4n) is 2.04. The molecule has 0 bridgehead atoms. The van der Waals surface area contributed by atoms with Crippen molar-refractivity contribution < 1.29 is 0 Å². The van der Waals surface area contributed by atoms with Gasteiger partial charge in [-0.2, -0.15) is 0 Å². The van der Waals surface area contributed by atoms with Gasteiger partial charge in [0.2, 0.25) is 0 Å². The van der Waals surface area contributed by atoms with Crippen LogP contribution in [0.15, 0.2) is 83.8 Å². The molecule has 0 saturated heterocycles. The van der Waals surface area contributed by atoms with Gasteiger partial charge in [-0.3, -0.25) is 0 Å². The lowest BCUT2D eigenvalue weighted by Crippen LogP contribution is -1.92. The highest BCUT2D eigenvalue weighted by Crippen LogP contribution is 2.22. The topological polar surface area (TPSA) is 24.1 Å². The van der Waals surface area contributed by atoms with Crippen LogP contribution in [0.5, 0.6) is 0 Å². The van der Waals surface area contributed by atoms with Crippen molar-refractivity contribution >= 4 is 35.4 Å². The van der Waals surface area contributed by atoms with Crippen molar-refractivity contribution in [2.24, 2.45) is 0 Å². The van der Waals surface area contributed by atoms with E-state index in [1.54, 1.807) is 0 Å². The maximum Gasteiger partial charge on any atom is 0.0385 e. The molecule has 0 saturated carbocycles. The molecule has 3 rings (SSSR count). The molecule has 0 heterocycles. The summed E-state index contributed by atoms with van der Waals surface area (Å²) in [5.41, 5.74) is 4.26. The summed E-state index contributed by atoms with van der Waals surface area (Å²) in [5, 5.41) is 6.73. The molecule has 2 nitrogen and oxygen atoms in total. The van der Waals surface area contributed by atoms with E-state index in [9.17, 15) is 0 Å². The van der Waals surface area contributed by atoms with Crippen molar-refractivity contribution in [1.82, 2.24) is 0 Å². The number of para-hydroxylation sites is 1. The quantitative estimate of drug-likeness (QED) is 0.556. The molecule has 0 aliphatic heterocycles. The summed E-state index contributed by atoms with van der Waals surface area (Å²) in [6.07, 6.45) is 0. The molecule has 21 heavy (non-hydrogen) atoms. The van der Waals surface area contributed by atoms with Crippen molar-refractivity contribution in [3.05, 3.63) is 78.9 Å². The number of rotatable bonds is 4. The first kappa shape index (κ1) is 13.6. The minimum absolute atomic E-state index is 0.961. The molecule has 0 amide bonds. The Bertz CT molecular complexity index is 692. The van der Waals surface area contributed by atoms with Gasteiger partial charge in [0.1, 0.15) is 0 Å². The van der Waals surface area contributed by atoms with Gasteiger partial charge in [-0.1, -0.05) is 18.2 Å². The molecule has 0 atom stereocenters. The highest BCUT2D eigenvalue weighted by molar-refractivity contribution is 7.80. The Kier molecular flexibility index (Phi) is 4.12. The maximum atomic E-state index is 4.28. The number of nitrogens with one attached hydrogen (secondary N) is 2. The van der Waals surface area contributed by atoms with Crippen LogP contribution in [-0.2, 0) is 0 Å². The first-order valence-corrected chi connectivity index (χ1v) is 7.22. The Labute approximate surface area is 130 Å². The van der Waals surface area contributed by atoms with Crippen molar-refractivity contribution in [1.29, 1.82) is 0 Å². The molecule has 0 aliphatic rings. The van der Waals surface area contributed by atoms with Crippen LogP contribution in [0.25, 0.3) is 0 Å². The lowest BCUT2D eigenvalue weighted by Gasteiger charge is -2.09. The predicted octanol–water partition coefficient (Wildman–Crippen LogP) is 5.46. The molecule has 0 unspecified atom stereocenters. The molecule has 104 valence electrons. The van der Waals surface area contributed by atoms with E-state index in [2.05, 4.69) is 47.5 Å². The van der Waals surface area contributed by atoms with Gasteiger partial charge in [0, 0.05) is 27.6 Å². The Balaban J connectivity index is 1.68. The standard InChI is InChI=1S/C18H16N2S/c21-18-12-10-17(11-13-18)20-16-8-6-15(7-9-16)19-14-4-2-1-3-5-14/h1-13,19-21H. The molecule has 3 heteroatoms. The fraction of sp³-hybridized carbons (Fsp3) is 0. The summed E-state index contributed by atoms with van der Waals surface area (Å²) in [5.74, 6) is 0. The second-order valence-electron chi connectivity index (χ2n) is 4.74. The van der Waals surface area contributed by atoms with Gasteiger partial charge in [0.05, 0.1) is 0 Å². The van der Waals surface area contributed by atoms with Crippen LogP contribution < -0.4 is 10.6 Å². The van der Waals surface area contributed by atoms with Gasteiger partial charge < -0.3 is 10.6 Å². The number of benzene rings is 3. The normalized spacial score (nSPS) is 10.1. The highest BCUT2D eigenvalue weighted by Gasteiger charge is 1.97. The van der Waals surface area contributed by atoms with E-state index in [1.807, 2.05) is 54.6 Å². The van der Waals surface area contributed by atoms with E-state index in [0.29, 0.717) is 0 Å². The van der Waals surface area contributed by atoms with Gasteiger partial charge in [0.25, 0.3) is 0 Å². The van der Waals surface area contributed by atoms with Gasteiger partial charge in [0.15, 0.2) is 0 Å². The Morgan fingerprint density at radius 1 is 0.476 bits per heavy atom. The van der Waals surface area contributed by atoms with E-state index >= 15 is 0 Å². The summed E-state index contributed by atoms with van der Waals surface area (Å²) < 4.78 is 0. The average Bonchev–Trinajstić information content (AvgIpc) is 2.53. The average molecular weight is 292 g/mol. The number of hydrogen-bond donors (Lipinski definition) is 3. The molecule has 2 N–H and O–H groups in total. The van der Waals surface area contributed by atoms with Gasteiger partial charge in [-0.25, -0.2) is 0 Å². The molecule has 0 fully saturated rings. The monoisotopic (exact) mass is 292 g/mol. The lowest BCUT2D eigenvalue weighted by atomic mass is 10.2. The highest BCUT2D eigenvalue weighted by atomic mass is 32.1. The van der Waals surface area contributed by atoms with E-state index < -0.39 is 0 Å². The zero-order valence-corrected chi connectivity index (χ0v) is 12.3. The first-order valence-electron chi connectivity index (χ1n) is 6.78. The number of anilines is 4. The van der Waals surface area contributed by atoms with Crippen molar-refractivity contribution in [3.8, 4) is 0 Å². The van der Waals surface area contributed by atoms with E-state index in [1.165, 1.54) is 0 Å². The summed E-state index contributed by atoms with van der Waals surface area (Å²) >= 11 is 4.28. The summed E-state index contributed by atoms with van der Waals surface area (Å²) in [4.78, 5) is 0.961. The number of thiol groups is 1. The third-order valence-corrected chi connectivity index (χ3v) is 3.40. The van der Waals surface area contributed by atoms with Crippen LogP contribution >= 0.6 is 12.6 Å². The molecule has 0 spiro atoms. The summed E-state index contributed by atoms with van der Waals surface area (Å²) in [7, 11) is 0. The zero-order valence-electron chi connectivity index (χ0n) is 11.5. The van der Waals surface area contributed by atoms with Gasteiger partial charge in [-0.15, -0.1) is 12.6 Å². The summed E-state index contributed by atoms with van der Waals surface area (Å²) in [6.45, 7) is 0. The molecule has 0 radical (unpaired) electrons. The zero-order chi connectivity index (χ0) is 14.5. The SMILES string of the molecule is Sc1ccc(Nc2ccc(Nc3ccccc3)cc2)cc1. The molecular formula is C18H16N2S. The Morgan fingerprint density at radius 2 is 0.857 bits per heavy atom. The van der Waals surface area contributed by atoms with E-state index in [4.69, 9.17) is 0 Å².